The van der Waals surface area contributed by atoms with E-state index in [-0.39, 0.29) is 6.04 Å². The third kappa shape index (κ3) is 2.08. The summed E-state index contributed by atoms with van der Waals surface area (Å²) in [4.78, 5) is 5.65. The Morgan fingerprint density at radius 3 is 2.80 bits per heavy atom. The molecule has 0 spiro atoms. The van der Waals surface area contributed by atoms with E-state index in [9.17, 15) is 0 Å². The number of hydrogen-bond donors (Lipinski definition) is 1. The molecule has 0 aliphatic heterocycles. The van der Waals surface area contributed by atoms with Crippen LogP contribution in [0.1, 0.15) is 22.2 Å². The minimum absolute atomic E-state index is 0.263. The Hall–Kier alpha value is -1.19. The quantitative estimate of drug-likeness (QED) is 0.857. The summed E-state index contributed by atoms with van der Waals surface area (Å²) in [5.41, 5.74) is 2.34. The van der Waals surface area contributed by atoms with Gasteiger partial charge in [-0.25, -0.2) is 0 Å². The molecule has 0 bridgehead atoms. The first kappa shape index (κ1) is 10.3. The van der Waals surface area contributed by atoms with Crippen LogP contribution in [0, 0.1) is 6.92 Å². The number of thiophene rings is 1. The van der Waals surface area contributed by atoms with E-state index >= 15 is 0 Å². The molecule has 1 N–H and O–H groups in total. The monoisotopic (exact) mass is 218 g/mol. The molecule has 0 radical (unpaired) electrons. The smallest absolute Gasteiger partial charge is 0.0686 e. The maximum atomic E-state index is 4.32. The number of aromatic nitrogens is 1. The zero-order valence-electron chi connectivity index (χ0n) is 8.90. The van der Waals surface area contributed by atoms with Gasteiger partial charge >= 0.3 is 0 Å². The highest BCUT2D eigenvalue weighted by Gasteiger charge is 2.14. The number of aryl methyl sites for hydroxylation is 1. The van der Waals surface area contributed by atoms with Crippen molar-refractivity contribution in [1.29, 1.82) is 0 Å². The molecule has 2 nitrogen and oxygen atoms in total. The van der Waals surface area contributed by atoms with E-state index in [1.807, 2.05) is 26.2 Å². The second-order valence-electron chi connectivity index (χ2n) is 3.42. The maximum absolute atomic E-state index is 4.32. The third-order valence-corrected chi connectivity index (χ3v) is 3.41. The molecule has 0 saturated carbocycles. The fourth-order valence-corrected chi connectivity index (χ4v) is 2.56. The lowest BCUT2D eigenvalue weighted by Gasteiger charge is -2.16. The van der Waals surface area contributed by atoms with E-state index in [1.54, 1.807) is 11.3 Å². The van der Waals surface area contributed by atoms with Gasteiger partial charge in [-0.2, -0.15) is 0 Å². The Morgan fingerprint density at radius 1 is 1.33 bits per heavy atom. The van der Waals surface area contributed by atoms with Crippen LogP contribution in [0.5, 0.6) is 0 Å². The van der Waals surface area contributed by atoms with E-state index in [0.717, 1.165) is 5.69 Å². The predicted molar refractivity (Wildman–Crippen MR) is 64.2 cm³/mol. The number of rotatable bonds is 3. The van der Waals surface area contributed by atoms with Crippen molar-refractivity contribution in [1.82, 2.24) is 10.3 Å². The van der Waals surface area contributed by atoms with Gasteiger partial charge in [-0.1, -0.05) is 12.1 Å². The Balaban J connectivity index is 2.40. The van der Waals surface area contributed by atoms with Gasteiger partial charge in [-0.05, 0) is 37.0 Å². The molecule has 2 heterocycles. The van der Waals surface area contributed by atoms with Crippen molar-refractivity contribution in [2.45, 2.75) is 13.0 Å². The van der Waals surface area contributed by atoms with Crippen molar-refractivity contribution in [3.63, 3.8) is 0 Å². The minimum atomic E-state index is 0.263. The molecule has 3 heteroatoms. The average molecular weight is 218 g/mol. The van der Waals surface area contributed by atoms with E-state index in [0.29, 0.717) is 0 Å². The first-order chi connectivity index (χ1) is 7.33. The van der Waals surface area contributed by atoms with Crippen LogP contribution >= 0.6 is 11.3 Å². The van der Waals surface area contributed by atoms with Gasteiger partial charge in [0.05, 0.1) is 6.04 Å². The predicted octanol–water partition coefficient (Wildman–Crippen LogP) is 2.76. The highest BCUT2D eigenvalue weighted by Crippen LogP contribution is 2.26. The third-order valence-electron chi connectivity index (χ3n) is 2.48. The molecular weight excluding hydrogens is 204 g/mol. The van der Waals surface area contributed by atoms with Gasteiger partial charge in [0.1, 0.15) is 0 Å². The van der Waals surface area contributed by atoms with Gasteiger partial charge in [-0.3, -0.25) is 4.98 Å². The number of nitrogens with one attached hydrogen (secondary N) is 1. The second-order valence-corrected chi connectivity index (χ2v) is 4.39. The highest BCUT2D eigenvalue weighted by molar-refractivity contribution is 7.10. The van der Waals surface area contributed by atoms with Crippen LogP contribution < -0.4 is 5.32 Å². The SMILES string of the molecule is CNC(c1cccs1)c1cccnc1C. The summed E-state index contributed by atoms with van der Waals surface area (Å²) in [5.74, 6) is 0. The Bertz CT molecular complexity index is 423. The lowest BCUT2D eigenvalue weighted by Crippen LogP contribution is -2.17. The van der Waals surface area contributed by atoms with Crippen LogP contribution in [0.4, 0.5) is 0 Å². The van der Waals surface area contributed by atoms with Crippen molar-refractivity contribution in [3.8, 4) is 0 Å². The summed E-state index contributed by atoms with van der Waals surface area (Å²) in [6.45, 7) is 2.05. The van der Waals surface area contributed by atoms with Crippen molar-refractivity contribution < 1.29 is 0 Å². The number of pyridine rings is 1. The molecule has 0 saturated heterocycles. The topological polar surface area (TPSA) is 24.9 Å². The van der Waals surface area contributed by atoms with E-state index < -0.39 is 0 Å². The summed E-state index contributed by atoms with van der Waals surface area (Å²) in [6.07, 6.45) is 1.83. The zero-order valence-corrected chi connectivity index (χ0v) is 9.71. The Morgan fingerprint density at radius 2 is 2.20 bits per heavy atom. The largest absolute Gasteiger partial charge is 0.309 e. The fourth-order valence-electron chi connectivity index (χ4n) is 1.71. The zero-order chi connectivity index (χ0) is 10.7. The molecule has 78 valence electrons. The molecule has 2 aromatic rings. The molecule has 0 fully saturated rings. The first-order valence-corrected chi connectivity index (χ1v) is 5.83. The van der Waals surface area contributed by atoms with E-state index in [2.05, 4.69) is 33.9 Å². The van der Waals surface area contributed by atoms with Gasteiger partial charge in [0.2, 0.25) is 0 Å². The van der Waals surface area contributed by atoms with Crippen molar-refractivity contribution in [3.05, 3.63) is 52.0 Å². The minimum Gasteiger partial charge on any atom is -0.309 e. The summed E-state index contributed by atoms with van der Waals surface area (Å²) >= 11 is 1.77. The molecule has 1 unspecified atom stereocenters. The lowest BCUT2D eigenvalue weighted by molar-refractivity contribution is 0.694. The van der Waals surface area contributed by atoms with Crippen molar-refractivity contribution in [2.24, 2.45) is 0 Å². The van der Waals surface area contributed by atoms with Gasteiger partial charge in [0.15, 0.2) is 0 Å². The average Bonchev–Trinajstić information content (AvgIpc) is 2.75. The summed E-state index contributed by atoms with van der Waals surface area (Å²) < 4.78 is 0. The van der Waals surface area contributed by atoms with Crippen LogP contribution in [0.3, 0.4) is 0 Å². The Labute approximate surface area is 94.0 Å². The molecule has 2 aromatic heterocycles. The lowest BCUT2D eigenvalue weighted by atomic mass is 10.0. The van der Waals surface area contributed by atoms with Gasteiger partial charge in [0.25, 0.3) is 0 Å². The summed E-state index contributed by atoms with van der Waals surface area (Å²) in [5, 5.41) is 5.43. The Kier molecular flexibility index (Phi) is 3.14. The van der Waals surface area contributed by atoms with Crippen LogP contribution in [0.15, 0.2) is 35.8 Å². The molecule has 2 rings (SSSR count). The molecule has 1 atom stereocenters. The van der Waals surface area contributed by atoms with Crippen molar-refractivity contribution in [2.75, 3.05) is 7.05 Å². The highest BCUT2D eigenvalue weighted by atomic mass is 32.1. The van der Waals surface area contributed by atoms with Crippen molar-refractivity contribution >= 4 is 11.3 Å². The molecule has 0 aliphatic rings. The maximum Gasteiger partial charge on any atom is 0.0686 e. The van der Waals surface area contributed by atoms with E-state index in [1.165, 1.54) is 10.4 Å². The van der Waals surface area contributed by atoms with E-state index in [4.69, 9.17) is 0 Å². The molecule has 0 amide bonds. The van der Waals surface area contributed by atoms with Gasteiger partial charge in [-0.15, -0.1) is 11.3 Å². The molecular formula is C12H14N2S. The van der Waals surface area contributed by atoms with Gasteiger partial charge < -0.3 is 5.32 Å². The molecule has 0 aromatic carbocycles. The first-order valence-electron chi connectivity index (χ1n) is 4.95. The van der Waals surface area contributed by atoms with Crippen LogP contribution in [0.2, 0.25) is 0 Å². The second kappa shape index (κ2) is 4.55. The van der Waals surface area contributed by atoms with Crippen LogP contribution in [0.25, 0.3) is 0 Å². The van der Waals surface area contributed by atoms with Gasteiger partial charge in [0, 0.05) is 16.8 Å². The molecule has 15 heavy (non-hydrogen) atoms. The summed E-state index contributed by atoms with van der Waals surface area (Å²) in [7, 11) is 1.98. The number of hydrogen-bond acceptors (Lipinski definition) is 3. The summed E-state index contributed by atoms with van der Waals surface area (Å²) in [6, 6.07) is 8.61. The van der Waals surface area contributed by atoms with Crippen LogP contribution in [-0.4, -0.2) is 12.0 Å². The normalized spacial score (nSPS) is 12.7. The standard InChI is InChI=1S/C12H14N2S/c1-9-10(5-3-7-14-9)12(13-2)11-6-4-8-15-11/h3-8,12-13H,1-2H3. The van der Waals surface area contributed by atoms with Crippen LogP contribution in [-0.2, 0) is 0 Å². The molecule has 0 aliphatic carbocycles. The fraction of sp³-hybridized carbons (Fsp3) is 0.250. The number of nitrogens with zero attached hydrogens (tertiary/aromatic N) is 1.